The van der Waals surface area contributed by atoms with E-state index in [-0.39, 0.29) is 6.61 Å². The van der Waals surface area contributed by atoms with Crippen molar-refractivity contribution in [2.45, 2.75) is 26.3 Å². The average molecular weight is 264 g/mol. The van der Waals surface area contributed by atoms with E-state index in [1.807, 2.05) is 13.8 Å². The number of hydrogen-bond acceptors (Lipinski definition) is 5. The van der Waals surface area contributed by atoms with Gasteiger partial charge in [-0.15, -0.1) is 0 Å². The summed E-state index contributed by atoms with van der Waals surface area (Å²) in [6, 6.07) is 0. The molecule has 0 aromatic carbocycles. The van der Waals surface area contributed by atoms with Gasteiger partial charge in [-0.3, -0.25) is 4.79 Å². The second kappa shape index (κ2) is 5.32. The van der Waals surface area contributed by atoms with E-state index in [1.54, 1.807) is 6.92 Å². The van der Waals surface area contributed by atoms with Crippen LogP contribution in [-0.2, 0) is 19.6 Å². The second-order valence-corrected chi connectivity index (χ2v) is 6.52. The molecule has 1 aliphatic rings. The molecule has 0 atom stereocenters. The standard InChI is InChI=1S/C10H20N2O4S/c1-4-16-9(13)7-17(14,15)12-6-5-11-8-10(12,2)3/h11H,4-8H2,1-3H3. The molecule has 1 heterocycles. The summed E-state index contributed by atoms with van der Waals surface area (Å²) in [7, 11) is -3.59. The number of nitrogens with zero attached hydrogens (tertiary/aromatic N) is 1. The third kappa shape index (κ3) is 3.65. The third-order valence-electron chi connectivity index (χ3n) is 2.67. The van der Waals surface area contributed by atoms with Crippen LogP contribution in [0.1, 0.15) is 20.8 Å². The summed E-state index contributed by atoms with van der Waals surface area (Å²) < 4.78 is 30.2. The molecule has 7 heteroatoms. The summed E-state index contributed by atoms with van der Waals surface area (Å²) in [5.74, 6) is -1.27. The highest BCUT2D eigenvalue weighted by molar-refractivity contribution is 7.89. The molecule has 0 aromatic rings. The molecule has 1 fully saturated rings. The Morgan fingerprint density at radius 3 is 2.65 bits per heavy atom. The van der Waals surface area contributed by atoms with E-state index < -0.39 is 27.3 Å². The van der Waals surface area contributed by atoms with E-state index >= 15 is 0 Å². The summed E-state index contributed by atoms with van der Waals surface area (Å²) in [4.78, 5) is 11.3. The molecule has 1 N–H and O–H groups in total. The van der Waals surface area contributed by atoms with Crippen molar-refractivity contribution in [3.05, 3.63) is 0 Å². The minimum Gasteiger partial charge on any atom is -0.465 e. The lowest BCUT2D eigenvalue weighted by Crippen LogP contribution is -2.60. The first-order valence-electron chi connectivity index (χ1n) is 5.66. The monoisotopic (exact) mass is 264 g/mol. The van der Waals surface area contributed by atoms with Gasteiger partial charge in [0, 0.05) is 25.2 Å². The summed E-state index contributed by atoms with van der Waals surface area (Å²) in [6.07, 6.45) is 0. The first-order valence-corrected chi connectivity index (χ1v) is 7.27. The zero-order valence-corrected chi connectivity index (χ0v) is 11.3. The third-order valence-corrected chi connectivity index (χ3v) is 4.61. The van der Waals surface area contributed by atoms with Gasteiger partial charge in [-0.2, -0.15) is 4.31 Å². The molecule has 0 spiro atoms. The van der Waals surface area contributed by atoms with Crippen LogP contribution < -0.4 is 5.32 Å². The Kier molecular flexibility index (Phi) is 4.51. The fourth-order valence-corrected chi connectivity index (χ4v) is 3.63. The van der Waals surface area contributed by atoms with Crippen LogP contribution in [0.4, 0.5) is 0 Å². The first kappa shape index (κ1) is 14.4. The molecule has 0 saturated carbocycles. The summed E-state index contributed by atoms with van der Waals surface area (Å²) in [5.41, 5.74) is -0.510. The molecular formula is C10H20N2O4S. The SMILES string of the molecule is CCOC(=O)CS(=O)(=O)N1CCNCC1(C)C. The zero-order chi connectivity index (χ0) is 13.1. The topological polar surface area (TPSA) is 75.7 Å². The lowest BCUT2D eigenvalue weighted by molar-refractivity contribution is -0.140. The van der Waals surface area contributed by atoms with E-state index in [9.17, 15) is 13.2 Å². The lowest BCUT2D eigenvalue weighted by atomic mass is 10.0. The number of esters is 1. The molecule has 100 valence electrons. The highest BCUT2D eigenvalue weighted by Crippen LogP contribution is 2.20. The Bertz CT molecular complexity index is 378. The van der Waals surface area contributed by atoms with Crippen LogP contribution in [0.5, 0.6) is 0 Å². The highest BCUT2D eigenvalue weighted by atomic mass is 32.2. The molecule has 0 aliphatic carbocycles. The van der Waals surface area contributed by atoms with Gasteiger partial charge in [-0.1, -0.05) is 0 Å². The van der Waals surface area contributed by atoms with Gasteiger partial charge in [0.05, 0.1) is 6.61 Å². The number of rotatable bonds is 4. The molecule has 0 aromatic heterocycles. The first-order chi connectivity index (χ1) is 7.79. The molecule has 0 amide bonds. The van der Waals surface area contributed by atoms with Crippen LogP contribution in [0.3, 0.4) is 0 Å². The van der Waals surface area contributed by atoms with Gasteiger partial charge in [0.25, 0.3) is 0 Å². The van der Waals surface area contributed by atoms with Crippen LogP contribution >= 0.6 is 0 Å². The van der Waals surface area contributed by atoms with Gasteiger partial charge in [0.15, 0.2) is 5.75 Å². The molecule has 0 bridgehead atoms. The number of sulfonamides is 1. The van der Waals surface area contributed by atoms with Crippen molar-refractivity contribution in [1.82, 2.24) is 9.62 Å². The highest BCUT2D eigenvalue weighted by Gasteiger charge is 2.39. The Morgan fingerprint density at radius 2 is 2.12 bits per heavy atom. The molecular weight excluding hydrogens is 244 g/mol. The van der Waals surface area contributed by atoms with Crippen molar-refractivity contribution in [1.29, 1.82) is 0 Å². The molecule has 0 radical (unpaired) electrons. The molecule has 0 unspecified atom stereocenters. The summed E-state index contributed by atoms with van der Waals surface area (Å²) in [6.45, 7) is 7.08. The molecule has 1 aliphatic heterocycles. The zero-order valence-electron chi connectivity index (χ0n) is 10.5. The van der Waals surface area contributed by atoms with E-state index in [0.717, 1.165) is 0 Å². The second-order valence-electron chi connectivity index (χ2n) is 4.62. The normalized spacial score (nSPS) is 21.1. The van der Waals surface area contributed by atoms with Gasteiger partial charge in [0.1, 0.15) is 0 Å². The Labute approximate surface area is 102 Å². The van der Waals surface area contributed by atoms with E-state index in [1.165, 1.54) is 4.31 Å². The minimum absolute atomic E-state index is 0.194. The molecule has 6 nitrogen and oxygen atoms in total. The van der Waals surface area contributed by atoms with Crippen molar-refractivity contribution in [3.63, 3.8) is 0 Å². The number of piperazine rings is 1. The maximum Gasteiger partial charge on any atom is 0.322 e. The minimum atomic E-state index is -3.59. The van der Waals surface area contributed by atoms with Crippen molar-refractivity contribution >= 4 is 16.0 Å². The van der Waals surface area contributed by atoms with Crippen molar-refractivity contribution in [2.75, 3.05) is 32.0 Å². The van der Waals surface area contributed by atoms with Crippen LogP contribution in [0.25, 0.3) is 0 Å². The average Bonchev–Trinajstić information content (AvgIpc) is 2.15. The van der Waals surface area contributed by atoms with Gasteiger partial charge < -0.3 is 10.1 Å². The predicted molar refractivity (Wildman–Crippen MR) is 64.1 cm³/mol. The van der Waals surface area contributed by atoms with Crippen LogP contribution in [-0.4, -0.2) is 56.2 Å². The Morgan fingerprint density at radius 1 is 1.47 bits per heavy atom. The van der Waals surface area contributed by atoms with Crippen molar-refractivity contribution < 1.29 is 17.9 Å². The fraction of sp³-hybridized carbons (Fsp3) is 0.900. The van der Waals surface area contributed by atoms with E-state index in [2.05, 4.69) is 10.1 Å². The Balaban J connectivity index is 2.78. The summed E-state index contributed by atoms with van der Waals surface area (Å²) in [5, 5.41) is 3.13. The van der Waals surface area contributed by atoms with Gasteiger partial charge in [-0.05, 0) is 20.8 Å². The largest absolute Gasteiger partial charge is 0.465 e. The summed E-state index contributed by atoms with van der Waals surface area (Å²) >= 11 is 0. The maximum atomic E-state index is 12.1. The number of carbonyl (C=O) groups is 1. The molecule has 1 rings (SSSR count). The smallest absolute Gasteiger partial charge is 0.322 e. The van der Waals surface area contributed by atoms with Gasteiger partial charge in [-0.25, -0.2) is 8.42 Å². The van der Waals surface area contributed by atoms with Gasteiger partial charge >= 0.3 is 5.97 Å². The van der Waals surface area contributed by atoms with Crippen LogP contribution in [0.2, 0.25) is 0 Å². The van der Waals surface area contributed by atoms with E-state index in [4.69, 9.17) is 0 Å². The predicted octanol–water partition coefficient (Wildman–Crippen LogP) is -0.437. The maximum absolute atomic E-state index is 12.1. The number of hydrogen-bond donors (Lipinski definition) is 1. The van der Waals surface area contributed by atoms with E-state index in [0.29, 0.717) is 19.6 Å². The van der Waals surface area contributed by atoms with Crippen LogP contribution in [0, 0.1) is 0 Å². The molecule has 17 heavy (non-hydrogen) atoms. The fourth-order valence-electron chi connectivity index (χ4n) is 1.91. The van der Waals surface area contributed by atoms with Crippen molar-refractivity contribution in [2.24, 2.45) is 0 Å². The lowest BCUT2D eigenvalue weighted by Gasteiger charge is -2.41. The van der Waals surface area contributed by atoms with Crippen LogP contribution in [0.15, 0.2) is 0 Å². The van der Waals surface area contributed by atoms with Crippen molar-refractivity contribution in [3.8, 4) is 0 Å². The Hall–Kier alpha value is -0.660. The number of carbonyl (C=O) groups excluding carboxylic acids is 1. The molecule has 1 saturated heterocycles. The number of nitrogens with one attached hydrogen (secondary N) is 1. The van der Waals surface area contributed by atoms with Gasteiger partial charge in [0.2, 0.25) is 10.0 Å². The quantitative estimate of drug-likeness (QED) is 0.697. The number of ether oxygens (including phenoxy) is 1.